The predicted molar refractivity (Wildman–Crippen MR) is 95.4 cm³/mol. The molecule has 2 aliphatic carbocycles. The van der Waals surface area contributed by atoms with Crippen LogP contribution in [0.3, 0.4) is 0 Å². The number of benzene rings is 1. The van der Waals surface area contributed by atoms with Crippen LogP contribution in [0.1, 0.15) is 68.4 Å². The van der Waals surface area contributed by atoms with Gasteiger partial charge in [-0.1, -0.05) is 6.92 Å². The maximum Gasteiger partial charge on any atom is 0.412 e. The average molecular weight is 634 g/mol. The monoisotopic (exact) mass is 634 g/mol. The van der Waals surface area contributed by atoms with E-state index in [0.717, 1.165) is 12.8 Å². The Morgan fingerprint density at radius 2 is 1.56 bits per heavy atom. The predicted octanol–water partition coefficient (Wildman–Crippen LogP) is 7.29. The molecule has 0 N–H and O–H groups in total. The SMILES string of the molecule is Cc1c[c-]ccc1C1CCC(C2CCC(/C(F)=C/C(F)(F)F)CC2)CC1.[Rf]. The smallest absolute Gasteiger partial charge is 0.212 e. The van der Waals surface area contributed by atoms with Gasteiger partial charge in [0, 0.05) is 5.92 Å². The number of hydrogen-bond donors (Lipinski definition) is 0. The summed E-state index contributed by atoms with van der Waals surface area (Å²) in [5, 5.41) is 0. The van der Waals surface area contributed by atoms with E-state index in [0.29, 0.717) is 30.6 Å². The first kappa shape index (κ1) is 21.0. The molecule has 146 valence electrons. The molecule has 5 heteroatoms. The van der Waals surface area contributed by atoms with Gasteiger partial charge in [0.25, 0.3) is 0 Å². The Balaban J connectivity index is 0.00000261. The Bertz CT molecular complexity index is 621. The fourth-order valence-corrected chi connectivity index (χ4v) is 5.03. The number of rotatable bonds is 3. The van der Waals surface area contributed by atoms with Crippen LogP contribution in [0.2, 0.25) is 0 Å². The summed E-state index contributed by atoms with van der Waals surface area (Å²) in [5.74, 6) is 0.307. The summed E-state index contributed by atoms with van der Waals surface area (Å²) >= 11 is 0. The summed E-state index contributed by atoms with van der Waals surface area (Å²) in [6.45, 7) is 2.14. The largest absolute Gasteiger partial charge is 0.412 e. The first-order valence-corrected chi connectivity index (χ1v) is 9.75. The zero-order valence-electron chi connectivity index (χ0n) is 16.0. The van der Waals surface area contributed by atoms with Crippen molar-refractivity contribution in [1.82, 2.24) is 0 Å². The maximum atomic E-state index is 13.8. The van der Waals surface area contributed by atoms with Gasteiger partial charge in [-0.2, -0.15) is 48.6 Å². The van der Waals surface area contributed by atoms with Crippen LogP contribution in [0.25, 0.3) is 0 Å². The van der Waals surface area contributed by atoms with Gasteiger partial charge in [0.05, 0.1) is 6.08 Å². The average Bonchev–Trinajstić information content (AvgIpc) is 2.61. The zero-order chi connectivity index (χ0) is 18.7. The second-order valence-corrected chi connectivity index (χ2v) is 8.08. The van der Waals surface area contributed by atoms with E-state index < -0.39 is 17.9 Å². The minimum absolute atomic E-state index is 0. The Morgan fingerprint density at radius 3 is 2.07 bits per heavy atom. The van der Waals surface area contributed by atoms with Crippen molar-refractivity contribution in [3.63, 3.8) is 0 Å². The van der Waals surface area contributed by atoms with Crippen molar-refractivity contribution in [3.8, 4) is 0 Å². The molecular weight excluding hydrogens is 607 g/mol. The molecular formula is C22H27F4Rf-. The molecule has 2 saturated carbocycles. The fraction of sp³-hybridized carbons (Fsp3) is 0.636. The van der Waals surface area contributed by atoms with Crippen molar-refractivity contribution in [1.29, 1.82) is 0 Å². The molecule has 0 heterocycles. The van der Waals surface area contributed by atoms with E-state index in [-0.39, 0.29) is 6.08 Å². The molecule has 0 radical (unpaired) electrons. The van der Waals surface area contributed by atoms with E-state index in [1.54, 1.807) is 0 Å². The first-order chi connectivity index (χ1) is 12.3. The number of alkyl halides is 3. The van der Waals surface area contributed by atoms with Gasteiger partial charge in [-0.05, 0) is 69.1 Å². The second kappa shape index (κ2) is 8.58. The third kappa shape index (κ3) is 5.33. The van der Waals surface area contributed by atoms with E-state index >= 15 is 0 Å². The second-order valence-electron chi connectivity index (χ2n) is 8.08. The van der Waals surface area contributed by atoms with Crippen molar-refractivity contribution >= 4 is 0 Å². The van der Waals surface area contributed by atoms with Crippen LogP contribution in [0.4, 0.5) is 17.6 Å². The third-order valence-electron chi connectivity index (χ3n) is 6.46. The molecule has 0 saturated heterocycles. The van der Waals surface area contributed by atoms with Crippen LogP contribution in [0.5, 0.6) is 0 Å². The molecule has 0 unspecified atom stereocenters. The van der Waals surface area contributed by atoms with Crippen molar-refractivity contribution in [2.45, 2.75) is 70.4 Å². The molecule has 2 aliphatic rings. The molecule has 0 amide bonds. The summed E-state index contributed by atoms with van der Waals surface area (Å²) < 4.78 is 50.7. The van der Waals surface area contributed by atoms with Crippen LogP contribution in [-0.2, 0) is 0 Å². The molecule has 27 heavy (non-hydrogen) atoms. The van der Waals surface area contributed by atoms with E-state index in [1.165, 1.54) is 36.8 Å². The standard InChI is InChI=1S/C22H27F4.Rf/c1-15-4-2-3-5-20(15)18-10-6-16(7-11-18)17-8-12-19(13-9-17)21(23)14-22(24,25)26;/h3-5,14,16-19H,6-13H2,1H3;/q-1;/b21-14-;. The van der Waals surface area contributed by atoms with Crippen LogP contribution in [0.15, 0.2) is 30.1 Å². The quantitative estimate of drug-likeness (QED) is 0.242. The molecule has 0 spiro atoms. The Morgan fingerprint density at radius 1 is 1.00 bits per heavy atom. The van der Waals surface area contributed by atoms with Crippen molar-refractivity contribution < 1.29 is 17.6 Å². The number of halogens is 4. The molecule has 0 bridgehead atoms. The molecule has 1 aromatic carbocycles. The maximum absolute atomic E-state index is 13.8. The van der Waals surface area contributed by atoms with E-state index in [2.05, 4.69) is 19.1 Å². The Hall–Kier alpha value is -2.32. The minimum Gasteiger partial charge on any atom is -0.212 e. The fourth-order valence-electron chi connectivity index (χ4n) is 5.03. The number of allylic oxidation sites excluding steroid dienone is 2. The zero-order valence-corrected chi connectivity index (χ0v) is 22.4. The molecule has 0 aliphatic heterocycles. The normalized spacial score (nSPS) is 29.9. The van der Waals surface area contributed by atoms with Gasteiger partial charge in [-0.25, -0.2) is 4.39 Å². The Labute approximate surface area is 153 Å². The van der Waals surface area contributed by atoms with Crippen molar-refractivity contribution in [2.75, 3.05) is 0 Å². The van der Waals surface area contributed by atoms with Crippen molar-refractivity contribution in [2.24, 2.45) is 17.8 Å². The summed E-state index contributed by atoms with van der Waals surface area (Å²) in [7, 11) is 0. The summed E-state index contributed by atoms with van der Waals surface area (Å²) in [5.41, 5.74) is 2.74. The summed E-state index contributed by atoms with van der Waals surface area (Å²) in [6, 6.07) is 9.34. The van der Waals surface area contributed by atoms with E-state index in [9.17, 15) is 17.6 Å². The van der Waals surface area contributed by atoms with Crippen LogP contribution >= 0.6 is 0 Å². The van der Waals surface area contributed by atoms with Crippen molar-refractivity contribution in [3.05, 3.63) is 47.3 Å². The van der Waals surface area contributed by atoms with Gasteiger partial charge < -0.3 is 0 Å². The topological polar surface area (TPSA) is 0 Å². The van der Waals surface area contributed by atoms with Gasteiger partial charge in [-0.15, -0.1) is 0 Å². The molecule has 3 rings (SSSR count). The summed E-state index contributed by atoms with van der Waals surface area (Å²) in [6.07, 6.45) is 2.84. The van der Waals surface area contributed by atoms with E-state index in [1.807, 2.05) is 12.1 Å². The van der Waals surface area contributed by atoms with Gasteiger partial charge in [0.1, 0.15) is 5.83 Å². The molecule has 0 aromatic heterocycles. The molecule has 1 aromatic rings. The van der Waals surface area contributed by atoms with Crippen LogP contribution < -0.4 is 0 Å². The van der Waals surface area contributed by atoms with Gasteiger partial charge in [0.2, 0.25) is 0 Å². The third-order valence-corrected chi connectivity index (χ3v) is 6.46. The van der Waals surface area contributed by atoms with Crippen LogP contribution in [-0.4, -0.2) is 6.18 Å². The van der Waals surface area contributed by atoms with E-state index in [4.69, 9.17) is 0 Å². The minimum atomic E-state index is -4.55. The molecule has 0 atom stereocenters. The van der Waals surface area contributed by atoms with Gasteiger partial charge >= 0.3 is 6.18 Å². The number of hydrogen-bond acceptors (Lipinski definition) is 0. The number of aryl methyl sites for hydroxylation is 1. The molecule has 0 nitrogen and oxygen atoms in total. The Kier molecular flexibility index (Phi) is 6.67. The van der Waals surface area contributed by atoms with Gasteiger partial charge in [0.15, 0.2) is 0 Å². The van der Waals surface area contributed by atoms with Crippen LogP contribution in [0, 0.1) is 30.7 Å². The molecule has 2 fully saturated rings. The van der Waals surface area contributed by atoms with Gasteiger partial charge in [-0.3, -0.25) is 0 Å². The first-order valence-electron chi connectivity index (χ1n) is 9.75. The summed E-state index contributed by atoms with van der Waals surface area (Å²) in [4.78, 5) is 0.